The first-order valence-corrected chi connectivity index (χ1v) is 8.03. The van der Waals surface area contributed by atoms with E-state index in [1.807, 2.05) is 6.92 Å². The number of nitrogens with zero attached hydrogens (tertiary/aromatic N) is 1. The van der Waals surface area contributed by atoms with Crippen LogP contribution in [0, 0.1) is 5.82 Å². The molecule has 2 bridgehead atoms. The maximum absolute atomic E-state index is 13.6. The summed E-state index contributed by atoms with van der Waals surface area (Å²) in [4.78, 5) is 14.7. The number of benzene rings is 1. The number of methoxy groups -OCH3 is 1. The summed E-state index contributed by atoms with van der Waals surface area (Å²) in [5.74, 6) is -0.534. The van der Waals surface area contributed by atoms with E-state index in [0.29, 0.717) is 25.3 Å². The normalized spacial score (nSPS) is 26.9. The third-order valence-corrected chi connectivity index (χ3v) is 4.58. The molecule has 1 saturated heterocycles. The van der Waals surface area contributed by atoms with Crippen molar-refractivity contribution in [2.75, 3.05) is 26.9 Å². The molecule has 1 aliphatic heterocycles. The molecule has 0 spiro atoms. The van der Waals surface area contributed by atoms with Crippen LogP contribution in [0.25, 0.3) is 0 Å². The van der Waals surface area contributed by atoms with E-state index in [1.54, 1.807) is 4.90 Å². The van der Waals surface area contributed by atoms with Gasteiger partial charge in [-0.05, 0) is 38.0 Å². The van der Waals surface area contributed by atoms with Crippen LogP contribution in [-0.4, -0.2) is 55.9 Å². The molecule has 5 nitrogen and oxygen atoms in total. The quantitative estimate of drug-likeness (QED) is 0.853. The largest absolute Gasteiger partial charge is 0.494 e. The number of ether oxygens (including phenoxy) is 3. The van der Waals surface area contributed by atoms with Crippen molar-refractivity contribution in [2.24, 2.45) is 0 Å². The van der Waals surface area contributed by atoms with E-state index in [0.717, 1.165) is 12.8 Å². The topological polar surface area (TPSA) is 48.0 Å². The molecule has 1 amide bonds. The molecular formula is C17H22FNO4. The Balaban J connectivity index is 1.85. The first-order chi connectivity index (χ1) is 11.2. The molecule has 0 aromatic heterocycles. The molecule has 1 heterocycles. The van der Waals surface area contributed by atoms with E-state index in [-0.39, 0.29) is 29.9 Å². The summed E-state index contributed by atoms with van der Waals surface area (Å²) in [6.45, 7) is 3.55. The molecule has 3 rings (SSSR count). The van der Waals surface area contributed by atoms with Crippen LogP contribution < -0.4 is 4.74 Å². The van der Waals surface area contributed by atoms with Crippen molar-refractivity contribution >= 4 is 5.91 Å². The Morgan fingerprint density at radius 2 is 2.26 bits per heavy atom. The van der Waals surface area contributed by atoms with E-state index < -0.39 is 5.82 Å². The Kier molecular flexibility index (Phi) is 4.82. The van der Waals surface area contributed by atoms with Crippen LogP contribution in [0.3, 0.4) is 0 Å². The lowest BCUT2D eigenvalue weighted by Crippen LogP contribution is -2.46. The summed E-state index contributed by atoms with van der Waals surface area (Å²) in [5.41, 5.74) is 0.420. The zero-order chi connectivity index (χ0) is 16.4. The summed E-state index contributed by atoms with van der Waals surface area (Å²) in [5, 5.41) is 0. The predicted octanol–water partition coefficient (Wildman–Crippen LogP) is 2.24. The molecule has 0 N–H and O–H groups in total. The molecule has 1 aromatic carbocycles. The molecule has 0 radical (unpaired) electrons. The van der Waals surface area contributed by atoms with Gasteiger partial charge in [-0.3, -0.25) is 4.79 Å². The molecule has 1 aromatic rings. The van der Waals surface area contributed by atoms with E-state index in [1.165, 1.54) is 25.3 Å². The van der Waals surface area contributed by atoms with Gasteiger partial charge in [-0.25, -0.2) is 4.39 Å². The van der Waals surface area contributed by atoms with Gasteiger partial charge in [0, 0.05) is 18.7 Å². The molecular weight excluding hydrogens is 301 g/mol. The van der Waals surface area contributed by atoms with Gasteiger partial charge >= 0.3 is 0 Å². The fourth-order valence-corrected chi connectivity index (χ4v) is 3.51. The van der Waals surface area contributed by atoms with Crippen LogP contribution >= 0.6 is 0 Å². The van der Waals surface area contributed by atoms with Crippen molar-refractivity contribution in [3.8, 4) is 5.75 Å². The smallest absolute Gasteiger partial charge is 0.254 e. The van der Waals surface area contributed by atoms with Gasteiger partial charge in [-0.1, -0.05) is 0 Å². The second-order valence-electron chi connectivity index (χ2n) is 5.82. The average Bonchev–Trinajstić information content (AvgIpc) is 2.83. The highest BCUT2D eigenvalue weighted by atomic mass is 19.1. The minimum atomic E-state index is -0.476. The Bertz CT molecular complexity index is 580. The van der Waals surface area contributed by atoms with Gasteiger partial charge in [-0.15, -0.1) is 0 Å². The Labute approximate surface area is 135 Å². The van der Waals surface area contributed by atoms with Crippen LogP contribution in [0.5, 0.6) is 5.75 Å². The lowest BCUT2D eigenvalue weighted by molar-refractivity contribution is -0.0484. The maximum atomic E-state index is 13.6. The number of fused-ring (bicyclic) bond motifs is 2. The van der Waals surface area contributed by atoms with Crippen molar-refractivity contribution in [1.29, 1.82) is 0 Å². The number of halogens is 1. The van der Waals surface area contributed by atoms with Gasteiger partial charge in [0.15, 0.2) is 11.6 Å². The summed E-state index contributed by atoms with van der Waals surface area (Å²) < 4.78 is 30.2. The van der Waals surface area contributed by atoms with Crippen molar-refractivity contribution < 1.29 is 23.4 Å². The van der Waals surface area contributed by atoms with Crippen LogP contribution in [0.4, 0.5) is 4.39 Å². The average molecular weight is 323 g/mol. The molecule has 0 unspecified atom stereocenters. The molecule has 3 atom stereocenters. The second-order valence-corrected chi connectivity index (χ2v) is 5.82. The van der Waals surface area contributed by atoms with E-state index in [9.17, 15) is 9.18 Å². The molecule has 23 heavy (non-hydrogen) atoms. The minimum Gasteiger partial charge on any atom is -0.494 e. The van der Waals surface area contributed by atoms with Crippen LogP contribution in [0.2, 0.25) is 0 Å². The van der Waals surface area contributed by atoms with Crippen molar-refractivity contribution in [3.05, 3.63) is 29.6 Å². The number of amides is 1. The third kappa shape index (κ3) is 3.05. The highest BCUT2D eigenvalue weighted by Gasteiger charge is 2.44. The van der Waals surface area contributed by atoms with Gasteiger partial charge in [-0.2, -0.15) is 0 Å². The summed E-state index contributed by atoms with van der Waals surface area (Å²) in [7, 11) is 1.39. The molecule has 1 saturated carbocycles. The molecule has 2 fully saturated rings. The summed E-state index contributed by atoms with van der Waals surface area (Å²) in [6, 6.07) is 4.21. The number of rotatable bonds is 4. The second kappa shape index (κ2) is 6.84. The van der Waals surface area contributed by atoms with Crippen molar-refractivity contribution in [2.45, 2.75) is 38.0 Å². The fourth-order valence-electron chi connectivity index (χ4n) is 3.51. The lowest BCUT2D eigenvalue weighted by atomic mass is 10.1. The fraction of sp³-hybridized carbons (Fsp3) is 0.588. The van der Waals surface area contributed by atoms with Gasteiger partial charge in [0.05, 0.1) is 25.9 Å². The third-order valence-electron chi connectivity index (χ3n) is 4.58. The SMILES string of the molecule is CCO[C@@H]1[C@H]2CC[C@H]1OCCN2C(=O)c1ccc(F)c(OC)c1. The Morgan fingerprint density at radius 3 is 3.00 bits per heavy atom. The monoisotopic (exact) mass is 323 g/mol. The van der Waals surface area contributed by atoms with Gasteiger partial charge < -0.3 is 19.1 Å². The van der Waals surface area contributed by atoms with E-state index in [2.05, 4.69) is 0 Å². The van der Waals surface area contributed by atoms with E-state index >= 15 is 0 Å². The highest BCUT2D eigenvalue weighted by molar-refractivity contribution is 5.95. The molecule has 2 aliphatic rings. The number of carbonyl (C=O) groups excluding carboxylic acids is 1. The first-order valence-electron chi connectivity index (χ1n) is 8.03. The zero-order valence-electron chi connectivity index (χ0n) is 13.5. The summed E-state index contributed by atoms with van der Waals surface area (Å²) >= 11 is 0. The maximum Gasteiger partial charge on any atom is 0.254 e. The molecule has 126 valence electrons. The van der Waals surface area contributed by atoms with E-state index in [4.69, 9.17) is 14.2 Å². The minimum absolute atomic E-state index is 0.00555. The Morgan fingerprint density at radius 1 is 1.43 bits per heavy atom. The molecule has 1 aliphatic carbocycles. The first kappa shape index (κ1) is 16.2. The van der Waals surface area contributed by atoms with Crippen LogP contribution in [0.15, 0.2) is 18.2 Å². The van der Waals surface area contributed by atoms with Crippen molar-refractivity contribution in [1.82, 2.24) is 4.90 Å². The van der Waals surface area contributed by atoms with Gasteiger partial charge in [0.1, 0.15) is 6.10 Å². The van der Waals surface area contributed by atoms with Gasteiger partial charge in [0.2, 0.25) is 0 Å². The van der Waals surface area contributed by atoms with Gasteiger partial charge in [0.25, 0.3) is 5.91 Å². The summed E-state index contributed by atoms with van der Waals surface area (Å²) in [6.07, 6.45) is 1.72. The van der Waals surface area contributed by atoms with Crippen molar-refractivity contribution in [3.63, 3.8) is 0 Å². The Hall–Kier alpha value is -1.66. The molecule has 6 heteroatoms. The number of hydrogen-bond donors (Lipinski definition) is 0. The number of carbonyl (C=O) groups is 1. The zero-order valence-corrected chi connectivity index (χ0v) is 13.5. The van der Waals surface area contributed by atoms with Crippen LogP contribution in [-0.2, 0) is 9.47 Å². The lowest BCUT2D eigenvalue weighted by Gasteiger charge is -2.31. The highest BCUT2D eigenvalue weighted by Crippen LogP contribution is 2.33. The predicted molar refractivity (Wildman–Crippen MR) is 82.2 cm³/mol. The number of hydrogen-bond acceptors (Lipinski definition) is 4. The standard InChI is InChI=1S/C17H22FNO4/c1-3-22-16-13-6-7-14(16)23-9-8-19(13)17(20)11-4-5-12(18)15(10-11)21-2/h4-5,10,13-14,16H,3,6-9H2,1-2H3/t13-,14-,16-/m1/s1. The van der Waals surface area contributed by atoms with Crippen LogP contribution in [0.1, 0.15) is 30.1 Å².